The van der Waals surface area contributed by atoms with Crippen molar-refractivity contribution in [1.82, 2.24) is 4.65 Å². The summed E-state index contributed by atoms with van der Waals surface area (Å²) in [6.07, 6.45) is 2.81. The first-order valence-corrected chi connectivity index (χ1v) is 18.3. The Bertz CT molecular complexity index is 2270. The normalized spacial score (nSPS) is 14.2. The molecule has 0 saturated heterocycles. The van der Waals surface area contributed by atoms with Crippen molar-refractivity contribution >= 4 is 40.4 Å². The van der Waals surface area contributed by atoms with Crippen molar-refractivity contribution in [2.45, 2.75) is 40.2 Å². The maximum absolute atomic E-state index is 14.7. The predicted molar refractivity (Wildman–Crippen MR) is 220 cm³/mol. The Morgan fingerprint density at radius 3 is 1.44 bits per heavy atom. The number of hydrogen-bond donors (Lipinski definition) is 0. The van der Waals surface area contributed by atoms with Gasteiger partial charge in [0.05, 0.1) is 17.2 Å². The number of quaternary nitrogens is 1. The summed E-state index contributed by atoms with van der Waals surface area (Å²) < 4.78 is 11.1. The summed E-state index contributed by atoms with van der Waals surface area (Å²) in [7, 11) is 0. The van der Waals surface area contributed by atoms with Crippen molar-refractivity contribution in [2.24, 2.45) is 0 Å². The number of carbonyl (C=O) groups excluding carboxylic acids is 2. The van der Waals surface area contributed by atoms with Gasteiger partial charge in [0.15, 0.2) is 0 Å². The molecule has 6 aromatic rings. The Hall–Kier alpha value is -6.54. The zero-order valence-corrected chi connectivity index (χ0v) is 31.3. The van der Waals surface area contributed by atoms with Crippen LogP contribution in [0.25, 0.3) is 0 Å². The lowest BCUT2D eigenvalue weighted by atomic mass is 9.93. The van der Waals surface area contributed by atoms with Gasteiger partial charge in [-0.1, -0.05) is 78.9 Å². The third-order valence-corrected chi connectivity index (χ3v) is 9.90. The molecule has 0 radical (unpaired) electrons. The highest BCUT2D eigenvalue weighted by molar-refractivity contribution is 5.95. The van der Waals surface area contributed by atoms with Crippen LogP contribution < -0.4 is 14.3 Å². The van der Waals surface area contributed by atoms with Gasteiger partial charge >= 0.3 is 11.9 Å². The number of ether oxygens (including phenoxy) is 2. The fraction of sp³-hybridized carbons (Fsp3) is 0.125. The third-order valence-electron chi connectivity index (χ3n) is 9.90. The maximum atomic E-state index is 14.7. The zero-order chi connectivity index (χ0) is 38.5. The molecule has 0 bridgehead atoms. The summed E-state index contributed by atoms with van der Waals surface area (Å²) >= 11 is 0. The van der Waals surface area contributed by atoms with Crippen LogP contribution in [0.3, 0.4) is 0 Å². The summed E-state index contributed by atoms with van der Waals surface area (Å²) in [5, 5.41) is 14.7. The molecular weight excluding hydrogens is 685 g/mol. The first kappa shape index (κ1) is 36.8. The summed E-state index contributed by atoms with van der Waals surface area (Å²) in [5.74, 6) is -0.157. The minimum atomic E-state index is -0.804. The summed E-state index contributed by atoms with van der Waals surface area (Å²) in [6.45, 7) is 7.59. The van der Waals surface area contributed by atoms with Crippen molar-refractivity contribution in [3.63, 3.8) is 0 Å². The van der Waals surface area contributed by atoms with E-state index in [9.17, 15) is 14.8 Å². The van der Waals surface area contributed by atoms with Gasteiger partial charge in [0.1, 0.15) is 28.6 Å². The monoisotopic (exact) mass is 726 g/mol. The van der Waals surface area contributed by atoms with Gasteiger partial charge in [-0.2, -0.15) is 0 Å². The second kappa shape index (κ2) is 15.8. The molecule has 0 amide bonds. The number of carbonyl (C=O) groups is 2. The van der Waals surface area contributed by atoms with E-state index in [0.717, 1.165) is 22.5 Å². The molecule has 6 aromatic carbocycles. The van der Waals surface area contributed by atoms with Gasteiger partial charge in [-0.3, -0.25) is 4.65 Å². The highest BCUT2D eigenvalue weighted by Crippen LogP contribution is 2.45. The summed E-state index contributed by atoms with van der Waals surface area (Å²) in [6, 6.07) is 48.7. The SMILES string of the molecule is CC1=CC(N(c2ccccc2)c2ccccc2)CC(C)=C1OC(=O)c1ccc(C(=O)Oc2c(C)cc([N+]([O-])(c3ccccc3)c3ccccc3)cc2C)cc1. The third kappa shape index (κ3) is 7.62. The van der Waals surface area contributed by atoms with Crippen LogP contribution in [0.1, 0.15) is 52.1 Å². The standard InChI is InChI=1S/C48H42N2O5/c1-33-29-41(49(39-17-9-5-10-18-39)40-19-11-6-12-20-40)30-34(2)45(33)54-47(51)37-25-27-38(28-26-37)48(52)55-46-35(3)31-44(32-36(46)4)50(53,42-21-13-7-14-22-42)43-23-15-8-16-24-43/h5-29,31-32,41H,30H2,1-4H3. The molecule has 7 rings (SSSR count). The van der Waals surface area contributed by atoms with Gasteiger partial charge in [-0.05, 0) is 105 Å². The number of benzene rings is 6. The predicted octanol–water partition coefficient (Wildman–Crippen LogP) is 12.0. The Morgan fingerprint density at radius 2 is 1.00 bits per heavy atom. The Kier molecular flexibility index (Phi) is 10.6. The smallest absolute Gasteiger partial charge is 0.343 e. The van der Waals surface area contributed by atoms with Crippen molar-refractivity contribution in [1.29, 1.82) is 0 Å². The molecule has 0 fully saturated rings. The highest BCUT2D eigenvalue weighted by atomic mass is 16.6. The van der Waals surface area contributed by atoms with Crippen molar-refractivity contribution < 1.29 is 19.1 Å². The molecule has 1 atom stereocenters. The zero-order valence-electron chi connectivity index (χ0n) is 31.3. The minimum absolute atomic E-state index is 0.0238. The molecule has 0 aliphatic heterocycles. The molecule has 7 heteroatoms. The number of nitrogens with zero attached hydrogens (tertiary/aromatic N) is 2. The van der Waals surface area contributed by atoms with E-state index in [1.165, 1.54) is 0 Å². The quantitative estimate of drug-likeness (QED) is 0.0605. The second-order valence-corrected chi connectivity index (χ2v) is 13.8. The number of aryl methyl sites for hydroxylation is 2. The van der Waals surface area contributed by atoms with Gasteiger partial charge in [0.25, 0.3) is 0 Å². The fourth-order valence-corrected chi connectivity index (χ4v) is 7.25. The van der Waals surface area contributed by atoms with Gasteiger partial charge < -0.3 is 19.6 Å². The van der Waals surface area contributed by atoms with E-state index in [2.05, 4.69) is 35.2 Å². The molecule has 0 saturated carbocycles. The molecule has 1 unspecified atom stereocenters. The van der Waals surface area contributed by atoms with E-state index >= 15 is 0 Å². The van der Waals surface area contributed by atoms with Crippen molar-refractivity contribution in [2.75, 3.05) is 4.90 Å². The molecule has 1 aliphatic carbocycles. The molecule has 55 heavy (non-hydrogen) atoms. The fourth-order valence-electron chi connectivity index (χ4n) is 7.25. The molecule has 0 N–H and O–H groups in total. The molecule has 0 spiro atoms. The van der Waals surface area contributed by atoms with Crippen LogP contribution in [0.4, 0.5) is 28.4 Å². The Labute approximate surface area is 322 Å². The first-order chi connectivity index (χ1) is 26.6. The number of hydrogen-bond acceptors (Lipinski definition) is 6. The van der Waals surface area contributed by atoms with Gasteiger partial charge in [-0.15, -0.1) is 0 Å². The van der Waals surface area contributed by atoms with Crippen molar-refractivity contribution in [3.8, 4) is 5.75 Å². The Morgan fingerprint density at radius 1 is 0.582 bits per heavy atom. The van der Waals surface area contributed by atoms with E-state index in [1.807, 2.05) is 125 Å². The molecule has 0 aromatic heterocycles. The van der Waals surface area contributed by atoms with Crippen LogP contribution in [0.15, 0.2) is 181 Å². The Balaban J connectivity index is 1.05. The minimum Gasteiger partial charge on any atom is -0.616 e. The van der Waals surface area contributed by atoms with E-state index < -0.39 is 16.6 Å². The highest BCUT2D eigenvalue weighted by Gasteiger charge is 2.30. The van der Waals surface area contributed by atoms with Crippen LogP contribution in [0.2, 0.25) is 0 Å². The molecule has 1 aliphatic rings. The van der Waals surface area contributed by atoms with Crippen molar-refractivity contribution in [3.05, 3.63) is 208 Å². The largest absolute Gasteiger partial charge is 0.616 e. The van der Waals surface area contributed by atoms with Gasteiger partial charge in [0.2, 0.25) is 0 Å². The number of para-hydroxylation sites is 4. The number of esters is 2. The maximum Gasteiger partial charge on any atom is 0.343 e. The van der Waals surface area contributed by atoms with E-state index in [1.54, 1.807) is 36.4 Å². The number of rotatable bonds is 10. The molecule has 7 nitrogen and oxygen atoms in total. The average Bonchev–Trinajstić information content (AvgIpc) is 3.21. The molecule has 274 valence electrons. The number of anilines is 2. The van der Waals surface area contributed by atoms with Crippen LogP contribution in [-0.4, -0.2) is 18.0 Å². The van der Waals surface area contributed by atoms with E-state index in [0.29, 0.717) is 51.7 Å². The second-order valence-electron chi connectivity index (χ2n) is 13.8. The van der Waals surface area contributed by atoms with Crippen LogP contribution in [0.5, 0.6) is 5.75 Å². The topological polar surface area (TPSA) is 78.9 Å². The van der Waals surface area contributed by atoms with Crippen LogP contribution >= 0.6 is 0 Å². The van der Waals surface area contributed by atoms with Crippen LogP contribution in [0, 0.1) is 19.1 Å². The van der Waals surface area contributed by atoms with E-state index in [4.69, 9.17) is 9.47 Å². The van der Waals surface area contributed by atoms with Gasteiger partial charge in [0, 0.05) is 47.8 Å². The molecule has 0 heterocycles. The van der Waals surface area contributed by atoms with Crippen LogP contribution in [-0.2, 0) is 4.74 Å². The summed E-state index contributed by atoms with van der Waals surface area (Å²) in [4.78, 5) is 29.1. The lowest BCUT2D eigenvalue weighted by Gasteiger charge is -2.41. The number of allylic oxidation sites excluding steroid dienone is 1. The van der Waals surface area contributed by atoms with Gasteiger partial charge in [-0.25, -0.2) is 9.59 Å². The average molecular weight is 727 g/mol. The lowest BCUT2D eigenvalue weighted by molar-refractivity contribution is 0.0624. The first-order valence-electron chi connectivity index (χ1n) is 18.3. The molecular formula is C48H42N2O5. The van der Waals surface area contributed by atoms with E-state index in [-0.39, 0.29) is 11.6 Å². The lowest BCUT2D eigenvalue weighted by Crippen LogP contribution is -2.32. The summed E-state index contributed by atoms with van der Waals surface area (Å²) in [5.41, 5.74) is 7.46.